The maximum Gasteiger partial charge on any atom is 0.233 e. The average Bonchev–Trinajstić information content (AvgIpc) is 3.58. The van der Waals surface area contributed by atoms with Gasteiger partial charge in [0.25, 0.3) is 0 Å². The lowest BCUT2D eigenvalue weighted by Gasteiger charge is -2.41. The number of Topliss-reactive ketones (excluding diaryl/α,β-unsaturated/α-hetero) is 1. The van der Waals surface area contributed by atoms with E-state index in [1.165, 1.54) is 11.6 Å². The number of aliphatic hydroxyl groups excluding tert-OH is 1. The second kappa shape index (κ2) is 10.4. The first kappa shape index (κ1) is 27.0. The van der Waals surface area contributed by atoms with Crippen LogP contribution in [0.15, 0.2) is 81.3 Å². The van der Waals surface area contributed by atoms with Gasteiger partial charge in [0.1, 0.15) is 18.1 Å². The van der Waals surface area contributed by atoms with Crippen LogP contribution in [-0.4, -0.2) is 57.4 Å². The molecule has 3 aliphatic carbocycles. The van der Waals surface area contributed by atoms with Gasteiger partial charge in [-0.25, -0.2) is 0 Å². The number of nitrogens with zero attached hydrogens (tertiary/aromatic N) is 2. The Morgan fingerprint density at radius 3 is 2.43 bits per heavy atom. The van der Waals surface area contributed by atoms with Crippen molar-refractivity contribution in [2.45, 2.75) is 57.7 Å². The molecule has 0 saturated carbocycles. The van der Waals surface area contributed by atoms with E-state index in [-0.39, 0.29) is 48.4 Å². The number of furan rings is 1. The molecule has 2 fully saturated rings. The summed E-state index contributed by atoms with van der Waals surface area (Å²) in [5.41, 5.74) is 3.31. The predicted molar refractivity (Wildman–Crippen MR) is 153 cm³/mol. The molecule has 5 aliphatic rings. The Morgan fingerprint density at radius 2 is 1.71 bits per heavy atom. The van der Waals surface area contributed by atoms with Crippen molar-refractivity contribution in [3.05, 3.63) is 94.0 Å². The Hall–Kier alpha value is -3.88. The Kier molecular flexibility index (Phi) is 6.71. The zero-order chi connectivity index (χ0) is 29.1. The second-order valence-corrected chi connectivity index (χ2v) is 12.2. The number of likely N-dealkylation sites (tertiary alicyclic amines) is 2. The lowest BCUT2D eigenvalue weighted by Crippen LogP contribution is -2.47. The summed E-state index contributed by atoms with van der Waals surface area (Å²) in [6, 6.07) is 13.6. The number of carbonyl (C=O) groups excluding carboxylic acids is 4. The number of aliphatic hydroxyl groups is 1. The number of amides is 2. The van der Waals surface area contributed by atoms with Crippen molar-refractivity contribution in [2.24, 2.45) is 17.8 Å². The molecule has 0 bridgehead atoms. The van der Waals surface area contributed by atoms with Crippen LogP contribution in [0.3, 0.4) is 0 Å². The number of benzene rings is 1. The van der Waals surface area contributed by atoms with Crippen LogP contribution in [0.2, 0.25) is 0 Å². The highest BCUT2D eigenvalue weighted by Gasteiger charge is 2.57. The zero-order valence-corrected chi connectivity index (χ0v) is 23.6. The highest BCUT2D eigenvalue weighted by molar-refractivity contribution is 6.23. The third kappa shape index (κ3) is 4.27. The lowest BCUT2D eigenvalue weighted by atomic mass is 9.60. The fourth-order valence-electron chi connectivity index (χ4n) is 7.91. The van der Waals surface area contributed by atoms with E-state index in [9.17, 15) is 24.3 Å². The van der Waals surface area contributed by atoms with Gasteiger partial charge in [0, 0.05) is 42.4 Å². The number of imide groups is 1. The maximum atomic E-state index is 14.2. The Balaban J connectivity index is 1.17. The Labute approximate surface area is 244 Å². The summed E-state index contributed by atoms with van der Waals surface area (Å²) in [5, 5.41) is 9.63. The van der Waals surface area contributed by atoms with Gasteiger partial charge < -0.3 is 9.52 Å². The summed E-state index contributed by atoms with van der Waals surface area (Å²) < 4.78 is 5.93. The summed E-state index contributed by atoms with van der Waals surface area (Å²) >= 11 is 0. The van der Waals surface area contributed by atoms with Crippen LogP contribution in [0.25, 0.3) is 0 Å². The summed E-state index contributed by atoms with van der Waals surface area (Å²) in [6.07, 6.45) is 5.52. The third-order valence-electron chi connectivity index (χ3n) is 9.89. The van der Waals surface area contributed by atoms with E-state index >= 15 is 0 Å². The van der Waals surface area contributed by atoms with Crippen molar-refractivity contribution in [1.29, 1.82) is 0 Å². The van der Waals surface area contributed by atoms with E-state index in [2.05, 4.69) is 17.0 Å². The standard InChI is InChI=1S/C34H34N2O6/c1-19-15-27(38)30-26(32(19)39)16-25-23(31(30)28-10-7-22(18-37)42-28)8-9-24-29(25)34(41)36(33(24)40)21-11-13-35(14-12-21)17-20-5-3-2-4-6-20/h2-8,10,15,21,24-25,29,31,37H,9,11-14,16-18H2,1H3. The van der Waals surface area contributed by atoms with Gasteiger partial charge in [-0.2, -0.15) is 0 Å². The number of rotatable bonds is 5. The fraction of sp³-hybridized carbons (Fsp3) is 0.412. The molecule has 1 aromatic carbocycles. The molecular weight excluding hydrogens is 532 g/mol. The van der Waals surface area contributed by atoms with E-state index in [0.29, 0.717) is 34.7 Å². The Morgan fingerprint density at radius 1 is 0.952 bits per heavy atom. The minimum Gasteiger partial charge on any atom is -0.463 e. The normalized spacial score (nSPS) is 28.5. The molecular formula is C34H34N2O6. The molecule has 0 radical (unpaired) electrons. The molecule has 1 N–H and O–H groups in total. The Bertz CT molecular complexity index is 1570. The van der Waals surface area contributed by atoms with Crippen molar-refractivity contribution in [2.75, 3.05) is 13.1 Å². The van der Waals surface area contributed by atoms with Crippen LogP contribution in [0.4, 0.5) is 0 Å². The topological polar surface area (TPSA) is 108 Å². The zero-order valence-electron chi connectivity index (χ0n) is 23.6. The molecule has 4 atom stereocenters. The molecule has 42 heavy (non-hydrogen) atoms. The number of allylic oxidation sites excluding steroid dienone is 6. The summed E-state index contributed by atoms with van der Waals surface area (Å²) in [5.74, 6) is -1.89. The lowest BCUT2D eigenvalue weighted by molar-refractivity contribution is -0.144. The molecule has 2 amide bonds. The molecule has 2 aromatic rings. The van der Waals surface area contributed by atoms with Gasteiger partial charge in [-0.15, -0.1) is 0 Å². The number of hydrogen-bond donors (Lipinski definition) is 1. The molecule has 2 aliphatic heterocycles. The molecule has 7 rings (SSSR count). The van der Waals surface area contributed by atoms with Crippen molar-refractivity contribution < 1.29 is 28.7 Å². The summed E-state index contributed by atoms with van der Waals surface area (Å²) in [6.45, 7) is 3.82. The van der Waals surface area contributed by atoms with Gasteiger partial charge in [-0.1, -0.05) is 42.0 Å². The van der Waals surface area contributed by atoms with Crippen LogP contribution >= 0.6 is 0 Å². The van der Waals surface area contributed by atoms with Crippen molar-refractivity contribution in [3.8, 4) is 0 Å². The van der Waals surface area contributed by atoms with Gasteiger partial charge in [0.15, 0.2) is 11.6 Å². The van der Waals surface area contributed by atoms with Crippen molar-refractivity contribution >= 4 is 23.4 Å². The molecule has 4 unspecified atom stereocenters. The number of ketones is 2. The van der Waals surface area contributed by atoms with E-state index in [4.69, 9.17) is 4.42 Å². The van der Waals surface area contributed by atoms with Gasteiger partial charge >= 0.3 is 0 Å². The quantitative estimate of drug-likeness (QED) is 0.333. The number of piperidine rings is 1. The van der Waals surface area contributed by atoms with E-state index in [0.717, 1.165) is 38.0 Å². The van der Waals surface area contributed by atoms with Gasteiger partial charge in [-0.05, 0) is 62.3 Å². The van der Waals surface area contributed by atoms with Gasteiger partial charge in [0.05, 0.1) is 17.8 Å². The van der Waals surface area contributed by atoms with Crippen LogP contribution in [0.5, 0.6) is 0 Å². The molecule has 0 spiro atoms. The molecule has 8 nitrogen and oxygen atoms in total. The minimum atomic E-state index is -0.626. The van der Waals surface area contributed by atoms with Gasteiger partial charge in [-0.3, -0.25) is 29.0 Å². The molecule has 1 aromatic heterocycles. The first-order valence-corrected chi connectivity index (χ1v) is 14.9. The highest BCUT2D eigenvalue weighted by Crippen LogP contribution is 2.55. The van der Waals surface area contributed by atoms with Crippen molar-refractivity contribution in [3.63, 3.8) is 0 Å². The SMILES string of the molecule is CC1=CC(=O)C2=C(CC3C(=CCC4C(=O)N(C5CCN(Cc6ccccc6)CC5)C(=O)C43)C2c2ccc(CO)o2)C1=O. The van der Waals surface area contributed by atoms with Crippen LogP contribution in [0.1, 0.15) is 55.6 Å². The third-order valence-corrected chi connectivity index (χ3v) is 9.89. The molecule has 3 heterocycles. The first-order valence-electron chi connectivity index (χ1n) is 14.9. The van der Waals surface area contributed by atoms with Crippen LogP contribution in [-0.2, 0) is 32.3 Å². The van der Waals surface area contributed by atoms with Crippen LogP contribution < -0.4 is 0 Å². The van der Waals surface area contributed by atoms with Gasteiger partial charge in [0.2, 0.25) is 11.8 Å². The van der Waals surface area contributed by atoms with Crippen molar-refractivity contribution in [1.82, 2.24) is 9.80 Å². The van der Waals surface area contributed by atoms with E-state index in [1.807, 2.05) is 24.3 Å². The molecule has 2 saturated heterocycles. The van der Waals surface area contributed by atoms with E-state index in [1.54, 1.807) is 24.0 Å². The largest absolute Gasteiger partial charge is 0.463 e. The summed E-state index contributed by atoms with van der Waals surface area (Å²) in [4.78, 5) is 58.6. The molecule has 8 heteroatoms. The minimum absolute atomic E-state index is 0.110. The number of carbonyl (C=O) groups is 4. The fourth-order valence-corrected chi connectivity index (χ4v) is 7.91. The predicted octanol–water partition coefficient (Wildman–Crippen LogP) is 3.87. The first-order chi connectivity index (χ1) is 20.4. The maximum absolute atomic E-state index is 14.2. The van der Waals surface area contributed by atoms with Crippen LogP contribution in [0, 0.1) is 17.8 Å². The number of hydrogen-bond acceptors (Lipinski definition) is 7. The average molecular weight is 567 g/mol. The number of fused-ring (bicyclic) bond motifs is 3. The smallest absolute Gasteiger partial charge is 0.233 e. The monoisotopic (exact) mass is 566 g/mol. The highest BCUT2D eigenvalue weighted by atomic mass is 16.4. The molecule has 216 valence electrons. The second-order valence-electron chi connectivity index (χ2n) is 12.2. The van der Waals surface area contributed by atoms with E-state index < -0.39 is 17.8 Å². The summed E-state index contributed by atoms with van der Waals surface area (Å²) in [7, 11) is 0.